The van der Waals surface area contributed by atoms with Crippen molar-refractivity contribution in [1.82, 2.24) is 0 Å². The molecule has 6 heteroatoms. The van der Waals surface area contributed by atoms with E-state index < -0.39 is 0 Å². The van der Waals surface area contributed by atoms with Gasteiger partial charge in [-0.3, -0.25) is 9.59 Å². The van der Waals surface area contributed by atoms with E-state index in [1.807, 2.05) is 0 Å². The van der Waals surface area contributed by atoms with Crippen molar-refractivity contribution in [2.24, 2.45) is 0 Å². The summed E-state index contributed by atoms with van der Waals surface area (Å²) < 4.78 is 10.3. The fourth-order valence-corrected chi connectivity index (χ4v) is 3.44. The maximum absolute atomic E-state index is 11.7. The van der Waals surface area contributed by atoms with Crippen LogP contribution in [0.3, 0.4) is 0 Å². The largest absolute Gasteiger partial charge is 0.466 e. The molecule has 0 radical (unpaired) electrons. The molecule has 0 spiro atoms. The van der Waals surface area contributed by atoms with Crippen LogP contribution in [0.4, 0.5) is 0 Å². The Kier molecular flexibility index (Phi) is 21.3. The molecule has 0 aromatic heterocycles. The molecular weight excluding hydrogens is 408 g/mol. The Morgan fingerprint density at radius 3 is 1.00 bits per heavy atom. The fourth-order valence-electron chi connectivity index (χ4n) is 3.44. The van der Waals surface area contributed by atoms with E-state index in [-0.39, 0.29) is 36.3 Å². The predicted molar refractivity (Wildman–Crippen MR) is 126 cm³/mol. The summed E-state index contributed by atoms with van der Waals surface area (Å²) in [5.41, 5.74) is 0. The van der Waals surface area contributed by atoms with Crippen molar-refractivity contribution in [3.05, 3.63) is 0 Å². The standard InChI is InChI=1S/C26H46O6/c1-23(27)17-13-9-5-3-7-11-15-21-31-25(29)19-20-26(30)32-22-16-12-8-4-6-10-14-18-24(2)28/h3-22H2,1-2H3. The van der Waals surface area contributed by atoms with Gasteiger partial charge in [0.25, 0.3) is 0 Å². The Morgan fingerprint density at radius 2 is 0.688 bits per heavy atom. The molecule has 0 amide bonds. The smallest absolute Gasteiger partial charge is 0.306 e. The van der Waals surface area contributed by atoms with Crippen LogP contribution < -0.4 is 0 Å². The number of Topliss-reactive ketones (excluding diaryl/α,β-unsaturated/α-hetero) is 2. The van der Waals surface area contributed by atoms with Crippen molar-refractivity contribution in [2.45, 2.75) is 129 Å². The highest BCUT2D eigenvalue weighted by Gasteiger charge is 2.09. The molecule has 0 aromatic carbocycles. The lowest BCUT2D eigenvalue weighted by Crippen LogP contribution is -2.11. The Bertz CT molecular complexity index is 468. The van der Waals surface area contributed by atoms with Gasteiger partial charge in [-0.25, -0.2) is 0 Å². The molecule has 0 unspecified atom stereocenters. The molecule has 0 aliphatic heterocycles. The van der Waals surface area contributed by atoms with E-state index in [2.05, 4.69) is 0 Å². The number of esters is 2. The summed E-state index contributed by atoms with van der Waals surface area (Å²) in [6.45, 7) is 4.09. The van der Waals surface area contributed by atoms with Gasteiger partial charge in [-0.15, -0.1) is 0 Å². The summed E-state index contributed by atoms with van der Waals surface area (Å²) in [4.78, 5) is 45.1. The van der Waals surface area contributed by atoms with Gasteiger partial charge < -0.3 is 19.1 Å². The molecule has 0 rings (SSSR count). The van der Waals surface area contributed by atoms with Crippen LogP contribution >= 0.6 is 0 Å². The van der Waals surface area contributed by atoms with Crippen molar-refractivity contribution >= 4 is 23.5 Å². The van der Waals surface area contributed by atoms with Gasteiger partial charge in [0.05, 0.1) is 26.1 Å². The molecule has 0 aliphatic rings. The van der Waals surface area contributed by atoms with E-state index in [4.69, 9.17) is 9.47 Å². The SMILES string of the molecule is CC(=O)CCCCCCCCCOC(=O)CCC(=O)OCCCCCCCCCC(C)=O. The minimum absolute atomic E-state index is 0.0786. The minimum Gasteiger partial charge on any atom is -0.466 e. The van der Waals surface area contributed by atoms with Crippen LogP contribution in [0.15, 0.2) is 0 Å². The van der Waals surface area contributed by atoms with E-state index in [1.54, 1.807) is 13.8 Å². The number of ether oxygens (including phenoxy) is 2. The first-order valence-electron chi connectivity index (χ1n) is 12.7. The average molecular weight is 455 g/mol. The zero-order valence-electron chi connectivity index (χ0n) is 20.6. The van der Waals surface area contributed by atoms with Crippen LogP contribution in [0, 0.1) is 0 Å². The van der Waals surface area contributed by atoms with Gasteiger partial charge >= 0.3 is 11.9 Å². The highest BCUT2D eigenvalue weighted by molar-refractivity contribution is 5.77. The summed E-state index contributed by atoms with van der Waals surface area (Å²) in [5.74, 6) is -0.145. The van der Waals surface area contributed by atoms with Crippen molar-refractivity contribution in [3.63, 3.8) is 0 Å². The highest BCUT2D eigenvalue weighted by Crippen LogP contribution is 2.10. The van der Waals surface area contributed by atoms with Crippen LogP contribution in [0.25, 0.3) is 0 Å². The first-order chi connectivity index (χ1) is 15.4. The quantitative estimate of drug-likeness (QED) is 0.133. The summed E-state index contributed by atoms with van der Waals surface area (Å²) in [6, 6.07) is 0. The molecule has 0 N–H and O–H groups in total. The van der Waals surface area contributed by atoms with Crippen LogP contribution in [0.2, 0.25) is 0 Å². The van der Waals surface area contributed by atoms with E-state index in [0.29, 0.717) is 26.1 Å². The van der Waals surface area contributed by atoms with Gasteiger partial charge in [-0.1, -0.05) is 64.2 Å². The van der Waals surface area contributed by atoms with Gasteiger partial charge in [0, 0.05) is 12.8 Å². The van der Waals surface area contributed by atoms with Gasteiger partial charge in [0.2, 0.25) is 0 Å². The van der Waals surface area contributed by atoms with Crippen LogP contribution in [0.5, 0.6) is 0 Å². The second kappa shape index (κ2) is 22.5. The molecule has 0 bridgehead atoms. The molecule has 0 saturated carbocycles. The second-order valence-corrected chi connectivity index (χ2v) is 8.79. The predicted octanol–water partition coefficient (Wildman–Crippen LogP) is 6.27. The Balaban J connectivity index is 3.34. The molecule has 0 saturated heterocycles. The zero-order chi connectivity index (χ0) is 23.9. The third-order valence-electron chi connectivity index (χ3n) is 5.41. The molecule has 0 aromatic rings. The summed E-state index contributed by atoms with van der Waals surface area (Å²) >= 11 is 0. The fraction of sp³-hybridized carbons (Fsp3) is 0.846. The number of unbranched alkanes of at least 4 members (excludes halogenated alkanes) is 12. The lowest BCUT2D eigenvalue weighted by atomic mass is 10.1. The van der Waals surface area contributed by atoms with Gasteiger partial charge in [0.15, 0.2) is 0 Å². The van der Waals surface area contributed by atoms with Gasteiger partial charge in [-0.05, 0) is 39.5 Å². The van der Waals surface area contributed by atoms with Crippen molar-refractivity contribution in [2.75, 3.05) is 13.2 Å². The van der Waals surface area contributed by atoms with Crippen molar-refractivity contribution in [3.8, 4) is 0 Å². The van der Waals surface area contributed by atoms with E-state index in [1.165, 1.54) is 0 Å². The van der Waals surface area contributed by atoms with E-state index in [0.717, 1.165) is 89.9 Å². The highest BCUT2D eigenvalue weighted by atomic mass is 16.5. The van der Waals surface area contributed by atoms with Gasteiger partial charge in [0.1, 0.15) is 11.6 Å². The first kappa shape index (κ1) is 30.3. The molecule has 0 heterocycles. The Hall–Kier alpha value is -1.72. The van der Waals surface area contributed by atoms with Crippen molar-refractivity contribution in [1.29, 1.82) is 0 Å². The number of rotatable bonds is 23. The lowest BCUT2D eigenvalue weighted by molar-refractivity contribution is -0.150. The lowest BCUT2D eigenvalue weighted by Gasteiger charge is -2.06. The molecule has 6 nitrogen and oxygen atoms in total. The maximum Gasteiger partial charge on any atom is 0.306 e. The van der Waals surface area contributed by atoms with E-state index >= 15 is 0 Å². The topological polar surface area (TPSA) is 86.7 Å². The molecule has 186 valence electrons. The molecular formula is C26H46O6. The average Bonchev–Trinajstić information content (AvgIpc) is 2.74. The van der Waals surface area contributed by atoms with Crippen molar-refractivity contribution < 1.29 is 28.7 Å². The summed E-state index contributed by atoms with van der Waals surface area (Å²) in [6.07, 6.45) is 16.3. The third-order valence-corrected chi connectivity index (χ3v) is 5.41. The van der Waals surface area contributed by atoms with E-state index in [9.17, 15) is 19.2 Å². The maximum atomic E-state index is 11.7. The summed E-state index contributed by atoms with van der Waals surface area (Å²) in [5, 5.41) is 0. The number of carbonyl (C=O) groups is 4. The summed E-state index contributed by atoms with van der Waals surface area (Å²) in [7, 11) is 0. The number of ketones is 2. The molecule has 0 atom stereocenters. The number of carbonyl (C=O) groups excluding carboxylic acids is 4. The van der Waals surface area contributed by atoms with Gasteiger partial charge in [-0.2, -0.15) is 0 Å². The first-order valence-corrected chi connectivity index (χ1v) is 12.7. The molecule has 0 aliphatic carbocycles. The normalized spacial score (nSPS) is 10.7. The van der Waals surface area contributed by atoms with Crippen LogP contribution in [0.1, 0.15) is 129 Å². The molecule has 32 heavy (non-hydrogen) atoms. The minimum atomic E-state index is -0.337. The number of hydrogen-bond acceptors (Lipinski definition) is 6. The molecule has 0 fully saturated rings. The second-order valence-electron chi connectivity index (χ2n) is 8.79. The number of hydrogen-bond donors (Lipinski definition) is 0. The zero-order valence-corrected chi connectivity index (χ0v) is 20.6. The Labute approximate surface area is 195 Å². The van der Waals surface area contributed by atoms with Crippen LogP contribution in [-0.2, 0) is 28.7 Å². The van der Waals surface area contributed by atoms with Crippen LogP contribution in [-0.4, -0.2) is 36.7 Å². The third kappa shape index (κ3) is 24.5. The monoisotopic (exact) mass is 454 g/mol. The Morgan fingerprint density at radius 1 is 0.406 bits per heavy atom.